The first-order valence-corrected chi connectivity index (χ1v) is 6.31. The maximum absolute atomic E-state index is 12.2. The molecule has 1 aliphatic rings. The van der Waals surface area contributed by atoms with Gasteiger partial charge >= 0.3 is 0 Å². The molecule has 6 heteroatoms. The maximum atomic E-state index is 12.2. The zero-order valence-corrected chi connectivity index (χ0v) is 10.9. The van der Waals surface area contributed by atoms with Crippen molar-refractivity contribution >= 4 is 21.7 Å². The molecule has 0 aromatic carbocycles. The molecule has 17 heavy (non-hydrogen) atoms. The summed E-state index contributed by atoms with van der Waals surface area (Å²) in [6.07, 6.45) is -0.504. The molecular formula is C11H14BrF2N3. The fraction of sp³-hybridized carbons (Fsp3) is 0.545. The molecule has 0 bridgehead atoms. The van der Waals surface area contributed by atoms with Gasteiger partial charge in [0.1, 0.15) is 5.82 Å². The molecule has 0 atom stereocenters. The van der Waals surface area contributed by atoms with E-state index >= 15 is 0 Å². The first-order valence-electron chi connectivity index (χ1n) is 5.52. The number of anilines is 1. The van der Waals surface area contributed by atoms with E-state index in [1.54, 1.807) is 11.1 Å². The molecule has 1 aromatic heterocycles. The summed E-state index contributed by atoms with van der Waals surface area (Å²) in [6, 6.07) is 3.82. The molecule has 0 spiro atoms. The van der Waals surface area contributed by atoms with Gasteiger partial charge in [0.2, 0.25) is 0 Å². The maximum Gasteiger partial charge on any atom is 0.251 e. The Morgan fingerprint density at radius 3 is 2.59 bits per heavy atom. The fourth-order valence-electron chi connectivity index (χ4n) is 1.92. The summed E-state index contributed by atoms with van der Waals surface area (Å²) < 4.78 is 25.4. The molecule has 1 aromatic rings. The Bertz CT molecular complexity index is 367. The van der Waals surface area contributed by atoms with Crippen LogP contribution >= 0.6 is 15.9 Å². The van der Waals surface area contributed by atoms with Gasteiger partial charge in [0, 0.05) is 36.8 Å². The molecule has 0 unspecified atom stereocenters. The van der Waals surface area contributed by atoms with E-state index in [0.717, 1.165) is 23.4 Å². The Morgan fingerprint density at radius 2 is 2.00 bits per heavy atom. The Kier molecular flexibility index (Phi) is 4.28. The van der Waals surface area contributed by atoms with Gasteiger partial charge < -0.3 is 4.90 Å². The van der Waals surface area contributed by atoms with Gasteiger partial charge in [-0.3, -0.25) is 4.90 Å². The van der Waals surface area contributed by atoms with E-state index < -0.39 is 6.43 Å². The Hall–Kier alpha value is -0.750. The van der Waals surface area contributed by atoms with Crippen molar-refractivity contribution in [2.24, 2.45) is 0 Å². The van der Waals surface area contributed by atoms with Gasteiger partial charge in [-0.1, -0.05) is 15.9 Å². The predicted octanol–water partition coefficient (Wildman–Crippen LogP) is 2.23. The molecule has 0 aliphatic carbocycles. The van der Waals surface area contributed by atoms with E-state index in [9.17, 15) is 8.78 Å². The van der Waals surface area contributed by atoms with Crippen molar-refractivity contribution < 1.29 is 8.78 Å². The molecule has 1 fully saturated rings. The number of halogens is 3. The molecule has 0 radical (unpaired) electrons. The van der Waals surface area contributed by atoms with Crippen LogP contribution in [0.15, 0.2) is 22.8 Å². The molecule has 3 nitrogen and oxygen atoms in total. The highest BCUT2D eigenvalue weighted by Crippen LogP contribution is 2.18. The Morgan fingerprint density at radius 1 is 1.29 bits per heavy atom. The molecule has 0 N–H and O–H groups in total. The minimum Gasteiger partial charge on any atom is -0.354 e. The van der Waals surface area contributed by atoms with Crippen LogP contribution in [0.3, 0.4) is 0 Å². The molecular weight excluding hydrogens is 292 g/mol. The SMILES string of the molecule is FC(F)CN1CCN(c2cc(Br)ccn2)CC1. The van der Waals surface area contributed by atoms with Gasteiger partial charge in [0.15, 0.2) is 0 Å². The van der Waals surface area contributed by atoms with E-state index in [2.05, 4.69) is 25.8 Å². The number of rotatable bonds is 3. The van der Waals surface area contributed by atoms with Gasteiger partial charge in [-0.25, -0.2) is 13.8 Å². The van der Waals surface area contributed by atoms with Crippen LogP contribution in [0.25, 0.3) is 0 Å². The van der Waals surface area contributed by atoms with Crippen molar-refractivity contribution in [3.05, 3.63) is 22.8 Å². The average molecular weight is 306 g/mol. The van der Waals surface area contributed by atoms with Crippen LogP contribution in [0.5, 0.6) is 0 Å². The number of hydrogen-bond donors (Lipinski definition) is 0. The van der Waals surface area contributed by atoms with Crippen LogP contribution in [0.2, 0.25) is 0 Å². The summed E-state index contributed by atoms with van der Waals surface area (Å²) >= 11 is 3.40. The highest BCUT2D eigenvalue weighted by atomic mass is 79.9. The van der Waals surface area contributed by atoms with Gasteiger partial charge in [-0.15, -0.1) is 0 Å². The monoisotopic (exact) mass is 305 g/mol. The van der Waals surface area contributed by atoms with Gasteiger partial charge in [0.25, 0.3) is 6.43 Å². The number of nitrogens with zero attached hydrogens (tertiary/aromatic N) is 3. The smallest absolute Gasteiger partial charge is 0.251 e. The van der Waals surface area contributed by atoms with Crippen molar-refractivity contribution in [1.82, 2.24) is 9.88 Å². The highest BCUT2D eigenvalue weighted by Gasteiger charge is 2.20. The van der Waals surface area contributed by atoms with Crippen molar-refractivity contribution in [3.63, 3.8) is 0 Å². The third kappa shape index (κ3) is 3.61. The second kappa shape index (κ2) is 5.73. The Balaban J connectivity index is 1.91. The summed E-state index contributed by atoms with van der Waals surface area (Å²) in [5.41, 5.74) is 0. The van der Waals surface area contributed by atoms with E-state index in [4.69, 9.17) is 0 Å². The van der Waals surface area contributed by atoms with E-state index in [0.29, 0.717) is 13.1 Å². The van der Waals surface area contributed by atoms with Crippen LogP contribution in [-0.2, 0) is 0 Å². The summed E-state index contributed by atoms with van der Waals surface area (Å²) in [5.74, 6) is 0.899. The minimum atomic E-state index is -2.24. The topological polar surface area (TPSA) is 19.4 Å². The molecule has 0 saturated carbocycles. The molecule has 1 saturated heterocycles. The van der Waals surface area contributed by atoms with E-state index in [1.807, 2.05) is 12.1 Å². The van der Waals surface area contributed by atoms with Crippen LogP contribution in [-0.4, -0.2) is 49.0 Å². The lowest BCUT2D eigenvalue weighted by Gasteiger charge is -2.35. The second-order valence-electron chi connectivity index (χ2n) is 4.01. The van der Waals surface area contributed by atoms with E-state index in [1.165, 1.54) is 0 Å². The quantitative estimate of drug-likeness (QED) is 0.854. The first-order chi connectivity index (χ1) is 8.15. The van der Waals surface area contributed by atoms with E-state index in [-0.39, 0.29) is 6.54 Å². The van der Waals surface area contributed by atoms with Crippen molar-refractivity contribution in [3.8, 4) is 0 Å². The lowest BCUT2D eigenvalue weighted by molar-refractivity contribution is 0.0854. The average Bonchev–Trinajstić information content (AvgIpc) is 2.29. The largest absolute Gasteiger partial charge is 0.354 e. The summed E-state index contributed by atoms with van der Waals surface area (Å²) in [7, 11) is 0. The van der Waals surface area contributed by atoms with Gasteiger partial charge in [0.05, 0.1) is 6.54 Å². The minimum absolute atomic E-state index is 0.125. The summed E-state index contributed by atoms with van der Waals surface area (Å²) in [5, 5.41) is 0. The predicted molar refractivity (Wildman–Crippen MR) is 66.6 cm³/mol. The molecule has 2 heterocycles. The fourth-order valence-corrected chi connectivity index (χ4v) is 2.24. The van der Waals surface area contributed by atoms with Gasteiger partial charge in [-0.2, -0.15) is 0 Å². The van der Waals surface area contributed by atoms with Crippen molar-refractivity contribution in [2.75, 3.05) is 37.6 Å². The van der Waals surface area contributed by atoms with Crippen LogP contribution < -0.4 is 4.90 Å². The standard InChI is InChI=1S/C11H14BrF2N3/c12-9-1-2-15-11(7-9)17-5-3-16(4-6-17)8-10(13)14/h1-2,7,10H,3-6,8H2. The molecule has 1 aliphatic heterocycles. The van der Waals surface area contributed by atoms with Crippen molar-refractivity contribution in [1.29, 1.82) is 0 Å². The van der Waals surface area contributed by atoms with Crippen LogP contribution in [0.4, 0.5) is 14.6 Å². The van der Waals surface area contributed by atoms with Crippen LogP contribution in [0, 0.1) is 0 Å². The second-order valence-corrected chi connectivity index (χ2v) is 4.93. The molecule has 2 rings (SSSR count). The summed E-state index contributed by atoms with van der Waals surface area (Å²) in [6.45, 7) is 2.70. The molecule has 0 amide bonds. The number of pyridine rings is 1. The lowest BCUT2D eigenvalue weighted by Crippen LogP contribution is -2.48. The zero-order valence-electron chi connectivity index (χ0n) is 9.32. The third-order valence-electron chi connectivity index (χ3n) is 2.80. The number of piperazine rings is 1. The summed E-state index contributed by atoms with van der Waals surface area (Å²) in [4.78, 5) is 8.19. The molecule has 94 valence electrons. The number of hydrogen-bond acceptors (Lipinski definition) is 3. The Labute approximate surface area is 108 Å². The van der Waals surface area contributed by atoms with Gasteiger partial charge in [-0.05, 0) is 12.1 Å². The highest BCUT2D eigenvalue weighted by molar-refractivity contribution is 9.10. The normalized spacial score (nSPS) is 17.8. The zero-order chi connectivity index (χ0) is 12.3. The number of alkyl halides is 2. The number of aromatic nitrogens is 1. The lowest BCUT2D eigenvalue weighted by atomic mass is 10.3. The first kappa shape index (κ1) is 12.7. The van der Waals surface area contributed by atoms with Crippen molar-refractivity contribution in [2.45, 2.75) is 6.43 Å². The van der Waals surface area contributed by atoms with Crippen LogP contribution in [0.1, 0.15) is 0 Å². The third-order valence-corrected chi connectivity index (χ3v) is 3.29.